The molecule has 1 aliphatic rings. The highest BCUT2D eigenvalue weighted by Crippen LogP contribution is 2.35. The van der Waals surface area contributed by atoms with Gasteiger partial charge in [0, 0.05) is 0 Å². The van der Waals surface area contributed by atoms with Crippen molar-refractivity contribution in [3.8, 4) is 11.1 Å². The molecule has 5 rings (SSSR count). The molecule has 0 saturated carbocycles. The third kappa shape index (κ3) is 2.96. The Balaban J connectivity index is 0.000000126. The summed E-state index contributed by atoms with van der Waals surface area (Å²) >= 11 is 0. The predicted octanol–water partition coefficient (Wildman–Crippen LogP) is 6.71. The van der Waals surface area contributed by atoms with E-state index in [0.29, 0.717) is 0 Å². The maximum Gasteiger partial charge on any atom is -0.00135 e. The summed E-state index contributed by atoms with van der Waals surface area (Å²) in [5.41, 5.74) is 8.49. The van der Waals surface area contributed by atoms with Crippen molar-refractivity contribution in [1.82, 2.24) is 0 Å². The molecule has 0 aliphatic heterocycles. The molecule has 4 aromatic carbocycles. The maximum atomic E-state index is 2.22. The van der Waals surface area contributed by atoms with E-state index < -0.39 is 0 Å². The zero-order valence-electron chi connectivity index (χ0n) is 14.8. The van der Waals surface area contributed by atoms with Crippen molar-refractivity contribution in [1.29, 1.82) is 0 Å². The first-order valence-electron chi connectivity index (χ1n) is 8.85. The standard InChI is InChI=1S/C13H10.C12H12/c1-3-7-12-10(5-1)9-11-6-2-4-8-13(11)12;1-9-5-3-7-11-8-4-6-10(2)12(9)11/h1-8H,9H2;3-8H,1-2H3. The third-order valence-electron chi connectivity index (χ3n) is 5.03. The van der Waals surface area contributed by atoms with E-state index in [0.717, 1.165) is 6.42 Å². The zero-order valence-corrected chi connectivity index (χ0v) is 14.8. The zero-order chi connectivity index (χ0) is 17.2. The molecule has 0 heterocycles. The Hall–Kier alpha value is -2.86. The molecule has 0 bridgehead atoms. The van der Waals surface area contributed by atoms with Crippen LogP contribution in [0, 0.1) is 13.8 Å². The van der Waals surface area contributed by atoms with Crippen molar-refractivity contribution in [3.63, 3.8) is 0 Å². The van der Waals surface area contributed by atoms with Gasteiger partial charge in [-0.15, -0.1) is 0 Å². The van der Waals surface area contributed by atoms with E-state index in [-0.39, 0.29) is 0 Å². The lowest BCUT2D eigenvalue weighted by Gasteiger charge is -2.04. The first-order valence-corrected chi connectivity index (χ1v) is 8.85. The Kier molecular flexibility index (Phi) is 4.11. The summed E-state index contributed by atoms with van der Waals surface area (Å²) in [6.07, 6.45) is 1.10. The molecule has 0 amide bonds. The molecule has 0 heteroatoms. The topological polar surface area (TPSA) is 0 Å². The van der Waals surface area contributed by atoms with Crippen LogP contribution in [0.1, 0.15) is 22.3 Å². The highest BCUT2D eigenvalue weighted by Gasteiger charge is 2.15. The maximum absolute atomic E-state index is 2.22. The third-order valence-corrected chi connectivity index (χ3v) is 5.03. The highest BCUT2D eigenvalue weighted by molar-refractivity contribution is 5.88. The summed E-state index contributed by atoms with van der Waals surface area (Å²) in [4.78, 5) is 0. The van der Waals surface area contributed by atoms with Crippen LogP contribution >= 0.6 is 0 Å². The average Bonchev–Trinajstić information content (AvgIpc) is 3.01. The van der Waals surface area contributed by atoms with Crippen molar-refractivity contribution < 1.29 is 0 Å². The van der Waals surface area contributed by atoms with Gasteiger partial charge < -0.3 is 0 Å². The molecule has 25 heavy (non-hydrogen) atoms. The van der Waals surface area contributed by atoms with Gasteiger partial charge in [0.2, 0.25) is 0 Å². The smallest absolute Gasteiger partial charge is 0.00135 e. The lowest BCUT2D eigenvalue weighted by atomic mass is 10.0. The van der Waals surface area contributed by atoms with E-state index in [1.807, 2.05) is 0 Å². The Morgan fingerprint density at radius 1 is 0.520 bits per heavy atom. The number of aryl methyl sites for hydroxylation is 2. The van der Waals surface area contributed by atoms with Crippen LogP contribution < -0.4 is 0 Å². The minimum atomic E-state index is 1.10. The number of rotatable bonds is 0. The molecular weight excluding hydrogens is 300 g/mol. The molecule has 0 spiro atoms. The van der Waals surface area contributed by atoms with Crippen LogP contribution in [0.5, 0.6) is 0 Å². The summed E-state index contributed by atoms with van der Waals surface area (Å²) in [5, 5.41) is 2.75. The summed E-state index contributed by atoms with van der Waals surface area (Å²) in [6, 6.07) is 30.2. The van der Waals surface area contributed by atoms with Crippen molar-refractivity contribution in [2.24, 2.45) is 0 Å². The molecule has 0 saturated heterocycles. The number of hydrogen-bond donors (Lipinski definition) is 0. The number of benzene rings is 4. The Bertz CT molecular complexity index is 960. The van der Waals surface area contributed by atoms with E-state index >= 15 is 0 Å². The van der Waals surface area contributed by atoms with Gasteiger partial charge in [0.05, 0.1) is 0 Å². The molecule has 1 aliphatic carbocycles. The molecule has 0 aromatic heterocycles. The summed E-state index contributed by atoms with van der Waals surface area (Å²) in [5.74, 6) is 0. The second-order valence-electron chi connectivity index (χ2n) is 6.74. The minimum Gasteiger partial charge on any atom is -0.0619 e. The highest BCUT2D eigenvalue weighted by atomic mass is 14.2. The van der Waals surface area contributed by atoms with Gasteiger partial charge in [-0.2, -0.15) is 0 Å². The molecule has 0 unspecified atom stereocenters. The summed E-state index contributed by atoms with van der Waals surface area (Å²) in [7, 11) is 0. The molecule has 0 atom stereocenters. The van der Waals surface area contributed by atoms with Crippen molar-refractivity contribution >= 4 is 10.8 Å². The van der Waals surface area contributed by atoms with E-state index in [2.05, 4.69) is 98.8 Å². The first kappa shape index (κ1) is 15.7. The first-order chi connectivity index (χ1) is 12.2. The monoisotopic (exact) mass is 322 g/mol. The fraction of sp³-hybridized carbons (Fsp3) is 0.120. The van der Waals surface area contributed by atoms with E-state index in [1.54, 1.807) is 0 Å². The Morgan fingerprint density at radius 3 is 1.48 bits per heavy atom. The predicted molar refractivity (Wildman–Crippen MR) is 108 cm³/mol. The van der Waals surface area contributed by atoms with E-state index in [9.17, 15) is 0 Å². The second-order valence-corrected chi connectivity index (χ2v) is 6.74. The fourth-order valence-corrected chi connectivity index (χ4v) is 3.83. The van der Waals surface area contributed by atoms with Gasteiger partial charge in [-0.05, 0) is 64.4 Å². The lowest BCUT2D eigenvalue weighted by molar-refractivity contribution is 1.26. The molecule has 0 radical (unpaired) electrons. The SMILES string of the molecule is Cc1cccc2cccc(C)c12.c1ccc2c(c1)Cc1ccccc1-2. The van der Waals surface area contributed by atoms with Crippen molar-refractivity contribution in [2.45, 2.75) is 20.3 Å². The van der Waals surface area contributed by atoms with Gasteiger partial charge in [-0.1, -0.05) is 84.9 Å². The lowest BCUT2D eigenvalue weighted by Crippen LogP contribution is -1.81. The fourth-order valence-electron chi connectivity index (χ4n) is 3.83. The largest absolute Gasteiger partial charge is 0.0619 e. The van der Waals surface area contributed by atoms with Crippen LogP contribution in [-0.4, -0.2) is 0 Å². The van der Waals surface area contributed by atoms with Crippen molar-refractivity contribution in [2.75, 3.05) is 0 Å². The average molecular weight is 322 g/mol. The summed E-state index contributed by atoms with van der Waals surface area (Å²) in [6.45, 7) is 4.32. The number of hydrogen-bond acceptors (Lipinski definition) is 0. The Morgan fingerprint density at radius 2 is 1.00 bits per heavy atom. The van der Waals surface area contributed by atoms with Gasteiger partial charge in [-0.25, -0.2) is 0 Å². The van der Waals surface area contributed by atoms with Gasteiger partial charge >= 0.3 is 0 Å². The van der Waals surface area contributed by atoms with E-state index in [4.69, 9.17) is 0 Å². The molecule has 0 N–H and O–H groups in total. The van der Waals surface area contributed by atoms with Crippen LogP contribution in [0.3, 0.4) is 0 Å². The van der Waals surface area contributed by atoms with Crippen molar-refractivity contribution in [3.05, 3.63) is 107 Å². The summed E-state index contributed by atoms with van der Waals surface area (Å²) < 4.78 is 0. The quantitative estimate of drug-likeness (QED) is 0.297. The van der Waals surface area contributed by atoms with Crippen LogP contribution in [0.25, 0.3) is 21.9 Å². The second kappa shape index (κ2) is 6.57. The van der Waals surface area contributed by atoms with Crippen LogP contribution in [-0.2, 0) is 6.42 Å². The minimum absolute atomic E-state index is 1.10. The van der Waals surface area contributed by atoms with Gasteiger partial charge in [0.15, 0.2) is 0 Å². The Labute approximate surface area is 149 Å². The molecule has 0 fully saturated rings. The van der Waals surface area contributed by atoms with Crippen LogP contribution in [0.2, 0.25) is 0 Å². The van der Waals surface area contributed by atoms with E-state index in [1.165, 1.54) is 44.2 Å². The number of fused-ring (bicyclic) bond motifs is 4. The van der Waals surface area contributed by atoms with Crippen LogP contribution in [0.4, 0.5) is 0 Å². The van der Waals surface area contributed by atoms with Gasteiger partial charge in [-0.3, -0.25) is 0 Å². The molecular formula is C25H22. The van der Waals surface area contributed by atoms with Gasteiger partial charge in [0.25, 0.3) is 0 Å². The molecule has 4 aromatic rings. The molecule has 0 nitrogen and oxygen atoms in total. The normalized spacial score (nSPS) is 11.4. The van der Waals surface area contributed by atoms with Crippen LogP contribution in [0.15, 0.2) is 84.9 Å². The molecule has 122 valence electrons. The van der Waals surface area contributed by atoms with Gasteiger partial charge in [0.1, 0.15) is 0 Å².